The molecule has 0 saturated carbocycles. The van der Waals surface area contributed by atoms with Crippen LogP contribution in [0.3, 0.4) is 0 Å². The van der Waals surface area contributed by atoms with Crippen LogP contribution in [-0.4, -0.2) is 20.8 Å². The molecule has 14 heavy (non-hydrogen) atoms. The van der Waals surface area contributed by atoms with Crippen LogP contribution >= 0.6 is 0 Å². The van der Waals surface area contributed by atoms with Crippen LogP contribution in [0.25, 0.3) is 0 Å². The van der Waals surface area contributed by atoms with Crippen LogP contribution in [0.15, 0.2) is 24.3 Å². The first kappa shape index (κ1) is 10.4. The molecule has 1 N–H and O–H groups in total. The van der Waals surface area contributed by atoms with Gasteiger partial charge in [0.2, 0.25) is 0 Å². The summed E-state index contributed by atoms with van der Waals surface area (Å²) in [5, 5.41) is 3.10. The van der Waals surface area contributed by atoms with E-state index in [4.69, 9.17) is 16.1 Å². The highest BCUT2D eigenvalue weighted by atomic mass is 16.5. The molecule has 0 aliphatic carbocycles. The molecule has 0 amide bonds. The second-order valence-corrected chi connectivity index (χ2v) is 2.72. The summed E-state index contributed by atoms with van der Waals surface area (Å²) in [5.41, 5.74) is 0.919. The highest BCUT2D eigenvalue weighted by Gasteiger charge is 1.99. The first-order valence-electron chi connectivity index (χ1n) is 4.30. The molecule has 1 aromatic rings. The van der Waals surface area contributed by atoms with Gasteiger partial charge >= 0.3 is 0 Å². The zero-order chi connectivity index (χ0) is 10.4. The van der Waals surface area contributed by atoms with Gasteiger partial charge < -0.3 is 14.8 Å². The third-order valence-corrected chi connectivity index (χ3v) is 1.78. The van der Waals surface area contributed by atoms with Gasteiger partial charge in [-0.15, -0.1) is 0 Å². The Kier molecular flexibility index (Phi) is 3.85. The first-order chi connectivity index (χ1) is 6.80. The van der Waals surface area contributed by atoms with Gasteiger partial charge in [0, 0.05) is 30.4 Å². The summed E-state index contributed by atoms with van der Waals surface area (Å²) >= 11 is 0. The second-order valence-electron chi connectivity index (χ2n) is 2.72. The zero-order valence-corrected chi connectivity index (χ0v) is 8.41. The molecule has 0 fully saturated rings. The molecule has 0 bridgehead atoms. The summed E-state index contributed by atoms with van der Waals surface area (Å²) in [6, 6.07) is 5.58. The fraction of sp³-hybridized carbons (Fsp3) is 0.273. The number of ether oxygens (including phenoxy) is 2. The molecule has 0 heterocycles. The average Bonchev–Trinajstić information content (AvgIpc) is 2.25. The maximum Gasteiger partial charge on any atom is 0.124 e. The minimum atomic E-state index is 0.607. The molecule has 0 atom stereocenters. The van der Waals surface area contributed by atoms with E-state index in [1.807, 2.05) is 18.2 Å². The SMILES string of the molecule is [CH]=CCNc1cc(OC)cc(OC)c1. The molecule has 3 nitrogen and oxygen atoms in total. The fourth-order valence-corrected chi connectivity index (χ4v) is 1.09. The summed E-state index contributed by atoms with van der Waals surface area (Å²) in [5.74, 6) is 1.51. The van der Waals surface area contributed by atoms with Crippen molar-refractivity contribution < 1.29 is 9.47 Å². The van der Waals surface area contributed by atoms with Gasteiger partial charge in [0.1, 0.15) is 11.5 Å². The maximum atomic E-state index is 5.27. The Morgan fingerprint density at radius 2 is 1.79 bits per heavy atom. The number of anilines is 1. The highest BCUT2D eigenvalue weighted by Crippen LogP contribution is 2.25. The van der Waals surface area contributed by atoms with Crippen LogP contribution in [0.1, 0.15) is 0 Å². The van der Waals surface area contributed by atoms with E-state index in [0.717, 1.165) is 17.2 Å². The third-order valence-electron chi connectivity index (χ3n) is 1.78. The number of rotatable bonds is 5. The normalized spacial score (nSPS) is 9.29. The van der Waals surface area contributed by atoms with Crippen molar-refractivity contribution in [1.29, 1.82) is 0 Å². The fourth-order valence-electron chi connectivity index (χ4n) is 1.09. The molecule has 1 rings (SSSR count). The molecule has 3 heteroatoms. The van der Waals surface area contributed by atoms with Gasteiger partial charge in [-0.1, -0.05) is 12.7 Å². The molecule has 0 saturated heterocycles. The monoisotopic (exact) mass is 192 g/mol. The number of benzene rings is 1. The molecule has 0 unspecified atom stereocenters. The van der Waals surface area contributed by atoms with Crippen LogP contribution in [-0.2, 0) is 0 Å². The number of hydrogen-bond donors (Lipinski definition) is 1. The molecule has 1 aromatic carbocycles. The summed E-state index contributed by atoms with van der Waals surface area (Å²) < 4.78 is 10.2. The molecule has 0 spiro atoms. The molecular formula is C11H14NO2. The Labute approximate surface area is 84.3 Å². The van der Waals surface area contributed by atoms with E-state index in [2.05, 4.69) is 5.32 Å². The summed E-state index contributed by atoms with van der Waals surface area (Å²) in [6.07, 6.45) is 1.55. The van der Waals surface area contributed by atoms with Crippen LogP contribution in [0.5, 0.6) is 11.5 Å². The Balaban J connectivity index is 2.86. The van der Waals surface area contributed by atoms with E-state index < -0.39 is 0 Å². The van der Waals surface area contributed by atoms with Gasteiger partial charge in [-0.3, -0.25) is 0 Å². The number of methoxy groups -OCH3 is 2. The van der Waals surface area contributed by atoms with E-state index in [1.165, 1.54) is 0 Å². The van der Waals surface area contributed by atoms with Crippen LogP contribution in [0, 0.1) is 6.58 Å². The van der Waals surface area contributed by atoms with Gasteiger partial charge in [0.25, 0.3) is 0 Å². The topological polar surface area (TPSA) is 30.5 Å². The third kappa shape index (κ3) is 2.69. The number of hydrogen-bond acceptors (Lipinski definition) is 3. The van der Waals surface area contributed by atoms with Crippen molar-refractivity contribution in [1.82, 2.24) is 0 Å². The van der Waals surface area contributed by atoms with Gasteiger partial charge in [-0.25, -0.2) is 0 Å². The van der Waals surface area contributed by atoms with Gasteiger partial charge in [-0.05, 0) is 0 Å². The van der Waals surface area contributed by atoms with Crippen molar-refractivity contribution in [3.05, 3.63) is 30.9 Å². The van der Waals surface area contributed by atoms with E-state index in [-0.39, 0.29) is 0 Å². The van der Waals surface area contributed by atoms with Crippen LogP contribution < -0.4 is 14.8 Å². The van der Waals surface area contributed by atoms with Crippen LogP contribution in [0.4, 0.5) is 5.69 Å². The van der Waals surface area contributed by atoms with Crippen molar-refractivity contribution in [2.24, 2.45) is 0 Å². The predicted octanol–water partition coefficient (Wildman–Crippen LogP) is 2.10. The van der Waals surface area contributed by atoms with Crippen molar-refractivity contribution >= 4 is 5.69 Å². The molecular weight excluding hydrogens is 178 g/mol. The Bertz CT molecular complexity index is 288. The van der Waals surface area contributed by atoms with E-state index in [9.17, 15) is 0 Å². The van der Waals surface area contributed by atoms with Crippen molar-refractivity contribution in [3.63, 3.8) is 0 Å². The van der Waals surface area contributed by atoms with Crippen molar-refractivity contribution in [2.45, 2.75) is 0 Å². The summed E-state index contributed by atoms with van der Waals surface area (Å²) in [7, 11) is 3.24. The van der Waals surface area contributed by atoms with Gasteiger partial charge in [-0.2, -0.15) is 0 Å². The molecule has 0 aromatic heterocycles. The van der Waals surface area contributed by atoms with Gasteiger partial charge in [0.15, 0.2) is 0 Å². The summed E-state index contributed by atoms with van der Waals surface area (Å²) in [6.45, 7) is 5.87. The summed E-state index contributed by atoms with van der Waals surface area (Å²) in [4.78, 5) is 0. The number of nitrogens with one attached hydrogen (secondary N) is 1. The molecule has 0 aliphatic rings. The lowest BCUT2D eigenvalue weighted by atomic mass is 10.2. The zero-order valence-electron chi connectivity index (χ0n) is 8.41. The standard InChI is InChI=1S/C11H14NO2/c1-4-5-12-9-6-10(13-2)8-11(7-9)14-3/h1,4,6-8,12H,5H2,2-3H3. The molecule has 0 aliphatic heterocycles. The lowest BCUT2D eigenvalue weighted by Crippen LogP contribution is -1.98. The minimum absolute atomic E-state index is 0.607. The molecule has 75 valence electrons. The quantitative estimate of drug-likeness (QED) is 0.775. The second kappa shape index (κ2) is 5.17. The Morgan fingerprint density at radius 3 is 2.21 bits per heavy atom. The minimum Gasteiger partial charge on any atom is -0.497 e. The highest BCUT2D eigenvalue weighted by molar-refractivity contribution is 5.53. The average molecular weight is 192 g/mol. The predicted molar refractivity (Wildman–Crippen MR) is 56.9 cm³/mol. The Hall–Kier alpha value is -1.64. The van der Waals surface area contributed by atoms with E-state index >= 15 is 0 Å². The smallest absolute Gasteiger partial charge is 0.124 e. The van der Waals surface area contributed by atoms with Crippen molar-refractivity contribution in [3.8, 4) is 11.5 Å². The molecule has 1 radical (unpaired) electrons. The van der Waals surface area contributed by atoms with E-state index in [0.29, 0.717) is 6.54 Å². The van der Waals surface area contributed by atoms with Gasteiger partial charge in [0.05, 0.1) is 14.2 Å². The van der Waals surface area contributed by atoms with E-state index in [1.54, 1.807) is 20.3 Å². The van der Waals surface area contributed by atoms with Crippen LogP contribution in [0.2, 0.25) is 0 Å². The maximum absolute atomic E-state index is 5.27. The Morgan fingerprint density at radius 1 is 1.21 bits per heavy atom. The lowest BCUT2D eigenvalue weighted by molar-refractivity contribution is 0.394. The first-order valence-corrected chi connectivity index (χ1v) is 4.30. The largest absolute Gasteiger partial charge is 0.497 e. The van der Waals surface area contributed by atoms with Crippen molar-refractivity contribution in [2.75, 3.05) is 26.1 Å². The lowest BCUT2D eigenvalue weighted by Gasteiger charge is -2.08.